The molecule has 0 amide bonds. The van der Waals surface area contributed by atoms with Crippen LogP contribution >= 0.6 is 19.8 Å². The lowest BCUT2D eigenvalue weighted by atomic mass is 10.5. The van der Waals surface area contributed by atoms with Gasteiger partial charge in [-0.2, -0.15) is 0 Å². The van der Waals surface area contributed by atoms with Crippen LogP contribution in [-0.2, 0) is 0 Å². The fourth-order valence-corrected chi connectivity index (χ4v) is 1.31. The lowest BCUT2D eigenvalue weighted by Gasteiger charge is -1.86. The Morgan fingerprint density at radius 3 is 2.67 bits per heavy atom. The molecule has 1 nitrogen and oxygen atoms in total. The molecule has 0 saturated carbocycles. The molecule has 46 valence electrons. The molecule has 0 bridgehead atoms. The molecule has 9 heavy (non-hydrogen) atoms. The van der Waals surface area contributed by atoms with E-state index in [-0.39, 0.29) is 5.24 Å². The summed E-state index contributed by atoms with van der Waals surface area (Å²) in [7, 11) is 0.890. The predicted molar refractivity (Wildman–Crippen MR) is 39.1 cm³/mol. The molecule has 0 saturated heterocycles. The summed E-state index contributed by atoms with van der Waals surface area (Å²) in [5, 5.41) is 0.274. The third-order valence-corrected chi connectivity index (χ3v) is 2.15. The first kappa shape index (κ1) is 6.73. The van der Waals surface area contributed by atoms with Gasteiger partial charge in [-0.3, -0.25) is 4.79 Å². The average Bonchev–Trinajstić information content (AvgIpc) is 1.90. The van der Waals surface area contributed by atoms with Crippen LogP contribution in [0.25, 0.3) is 0 Å². The third-order valence-electron chi connectivity index (χ3n) is 0.866. The molecule has 1 aromatic rings. The van der Waals surface area contributed by atoms with Crippen molar-refractivity contribution in [2.24, 2.45) is 0 Å². The van der Waals surface area contributed by atoms with Gasteiger partial charge in [0.1, 0.15) is 0 Å². The second kappa shape index (κ2) is 2.95. The Morgan fingerprint density at radius 1 is 1.56 bits per heavy atom. The number of rotatable bonds is 1. The van der Waals surface area contributed by atoms with Gasteiger partial charge in [0.2, 0.25) is 0 Å². The summed E-state index contributed by atoms with van der Waals surface area (Å²) < 4.78 is 0. The van der Waals surface area contributed by atoms with Crippen molar-refractivity contribution < 1.29 is 4.79 Å². The van der Waals surface area contributed by atoms with E-state index in [0.717, 1.165) is 8.19 Å². The third kappa shape index (κ3) is 1.78. The molecule has 0 aromatic carbocycles. The molecule has 0 radical (unpaired) electrons. The highest BCUT2D eigenvalue weighted by Crippen LogP contribution is 2.14. The second-order valence-corrected chi connectivity index (χ2v) is 2.87. The zero-order valence-corrected chi connectivity index (χ0v) is 6.19. The molecule has 1 heterocycles. The van der Waals surface area contributed by atoms with Crippen LogP contribution in [0.2, 0.25) is 0 Å². The Hall–Kier alpha value is -0.390. The van der Waals surface area contributed by atoms with E-state index in [4.69, 9.17) is 11.6 Å². The minimum Gasteiger partial charge on any atom is -0.275 e. The molecule has 0 aliphatic heterocycles. The summed E-state index contributed by atoms with van der Waals surface area (Å²) in [6.45, 7) is 0. The van der Waals surface area contributed by atoms with Crippen molar-refractivity contribution in [3.05, 3.63) is 29.3 Å². The van der Waals surface area contributed by atoms with Crippen molar-refractivity contribution in [2.45, 2.75) is 0 Å². The number of hydrogen-bond acceptors (Lipinski definition) is 1. The number of hydrogen-bond donors (Lipinski definition) is 0. The Balaban J connectivity index is 2.98. The van der Waals surface area contributed by atoms with Gasteiger partial charge in [-0.25, -0.2) is 0 Å². The Bertz CT molecular complexity index is 210. The molecular weight excluding hydrogens is 154 g/mol. The zero-order chi connectivity index (χ0) is 6.69. The molecular formula is C6H4ClOP. The van der Waals surface area contributed by atoms with Crippen molar-refractivity contribution in [1.29, 1.82) is 0 Å². The maximum Gasteiger partial charge on any atom is 0.256 e. The van der Waals surface area contributed by atoms with Crippen molar-refractivity contribution >= 4 is 25.0 Å². The second-order valence-electron chi connectivity index (χ2n) is 1.49. The summed E-state index contributed by atoms with van der Waals surface area (Å²) in [6.07, 6.45) is 0. The molecule has 0 aliphatic rings. The van der Waals surface area contributed by atoms with Crippen LogP contribution in [-0.4, -0.2) is 5.24 Å². The smallest absolute Gasteiger partial charge is 0.256 e. The van der Waals surface area contributed by atoms with E-state index < -0.39 is 0 Å². The van der Waals surface area contributed by atoms with Crippen molar-refractivity contribution in [3.8, 4) is 0 Å². The summed E-state index contributed by atoms with van der Waals surface area (Å²) in [4.78, 5) is 10.4. The van der Waals surface area contributed by atoms with Gasteiger partial charge in [-0.05, 0) is 23.5 Å². The molecule has 0 fully saturated rings. The van der Waals surface area contributed by atoms with Crippen LogP contribution in [0, 0.1) is 0 Å². The van der Waals surface area contributed by atoms with Gasteiger partial charge in [0.15, 0.2) is 0 Å². The number of carbonyl (C=O) groups excluding carboxylic acids is 1. The normalized spacial score (nSPS) is 9.89. The Kier molecular flexibility index (Phi) is 2.21. The molecule has 3 heteroatoms. The van der Waals surface area contributed by atoms with Crippen LogP contribution in [0.3, 0.4) is 0 Å². The van der Waals surface area contributed by atoms with Crippen LogP contribution in [0.15, 0.2) is 24.0 Å². The minimum atomic E-state index is -0.364. The van der Waals surface area contributed by atoms with Crippen LogP contribution in [0.5, 0.6) is 0 Å². The zero-order valence-electron chi connectivity index (χ0n) is 4.54. The van der Waals surface area contributed by atoms with Gasteiger partial charge < -0.3 is 0 Å². The van der Waals surface area contributed by atoms with Gasteiger partial charge >= 0.3 is 0 Å². The first-order valence-corrected chi connectivity index (χ1v) is 3.76. The van der Waals surface area contributed by atoms with Crippen molar-refractivity contribution in [1.82, 2.24) is 0 Å². The highest BCUT2D eigenvalue weighted by molar-refractivity contribution is 7.32. The van der Waals surface area contributed by atoms with E-state index in [1.54, 1.807) is 12.1 Å². The first-order chi connectivity index (χ1) is 4.30. The summed E-state index contributed by atoms with van der Waals surface area (Å²) >= 11 is 5.19. The van der Waals surface area contributed by atoms with Gasteiger partial charge in [-0.15, -0.1) is 0 Å². The van der Waals surface area contributed by atoms with E-state index >= 15 is 0 Å². The largest absolute Gasteiger partial charge is 0.275 e. The average molecular weight is 159 g/mol. The van der Waals surface area contributed by atoms with Gasteiger partial charge in [0, 0.05) is 0 Å². The standard InChI is InChI=1S/C6H4ClOP/c7-6(8)5-3-1-2-4-9-5/h1-4H. The summed E-state index contributed by atoms with van der Waals surface area (Å²) in [5.74, 6) is 1.87. The fourth-order valence-electron chi connectivity index (χ4n) is 0.479. The molecule has 1 rings (SSSR count). The minimum absolute atomic E-state index is 0.364. The molecule has 0 spiro atoms. The van der Waals surface area contributed by atoms with Gasteiger partial charge in [0.25, 0.3) is 5.24 Å². The highest BCUT2D eigenvalue weighted by atomic mass is 35.5. The molecule has 0 atom stereocenters. The molecule has 0 unspecified atom stereocenters. The topological polar surface area (TPSA) is 17.1 Å². The summed E-state index contributed by atoms with van der Waals surface area (Å²) in [5.41, 5.74) is 0. The lowest BCUT2D eigenvalue weighted by Crippen LogP contribution is -1.80. The predicted octanol–water partition coefficient (Wildman–Crippen LogP) is 2.65. The van der Waals surface area contributed by atoms with E-state index in [2.05, 4.69) is 0 Å². The quantitative estimate of drug-likeness (QED) is 0.575. The van der Waals surface area contributed by atoms with E-state index in [9.17, 15) is 4.79 Å². The van der Waals surface area contributed by atoms with Gasteiger partial charge in [0.05, 0.1) is 5.30 Å². The Labute approximate surface area is 59.8 Å². The van der Waals surface area contributed by atoms with Crippen LogP contribution in [0.1, 0.15) is 10.1 Å². The monoisotopic (exact) mass is 158 g/mol. The van der Waals surface area contributed by atoms with Crippen LogP contribution < -0.4 is 0 Å². The summed E-state index contributed by atoms with van der Waals surface area (Å²) in [6, 6.07) is 5.40. The number of carbonyl (C=O) groups is 1. The molecule has 0 N–H and O–H groups in total. The lowest BCUT2D eigenvalue weighted by molar-refractivity contribution is 0.108. The maximum absolute atomic E-state index is 10.4. The SMILES string of the molecule is O=C(Cl)c1ccccp1. The maximum atomic E-state index is 10.4. The Morgan fingerprint density at radius 2 is 2.33 bits per heavy atom. The van der Waals surface area contributed by atoms with E-state index in [0.29, 0.717) is 5.30 Å². The van der Waals surface area contributed by atoms with Crippen LogP contribution in [0.4, 0.5) is 0 Å². The fraction of sp³-hybridized carbons (Fsp3) is 0. The molecule has 0 aliphatic carbocycles. The van der Waals surface area contributed by atoms with Gasteiger partial charge in [-0.1, -0.05) is 20.3 Å². The van der Waals surface area contributed by atoms with E-state index in [1.807, 2.05) is 11.9 Å². The first-order valence-electron chi connectivity index (χ1n) is 2.41. The molecule has 1 aromatic heterocycles. The van der Waals surface area contributed by atoms with Crippen molar-refractivity contribution in [2.75, 3.05) is 0 Å². The highest BCUT2D eigenvalue weighted by Gasteiger charge is 1.96. The van der Waals surface area contributed by atoms with Crippen molar-refractivity contribution in [3.63, 3.8) is 0 Å². The number of halogens is 1. The van der Waals surface area contributed by atoms with E-state index in [1.165, 1.54) is 0 Å².